The Hall–Kier alpha value is -0.390. The molecule has 1 heterocycles. The van der Waals surface area contributed by atoms with Crippen molar-refractivity contribution in [2.45, 2.75) is 0 Å². The molecule has 1 N–H and O–H groups in total. The maximum absolute atomic E-state index is 10.7. The molecule has 0 aromatic rings. The van der Waals surface area contributed by atoms with Gasteiger partial charge in [-0.05, 0) is 4.08 Å². The van der Waals surface area contributed by atoms with E-state index in [2.05, 4.69) is 5.32 Å². The van der Waals surface area contributed by atoms with Crippen molar-refractivity contribution >= 4 is 34.3 Å². The van der Waals surface area contributed by atoms with Crippen molar-refractivity contribution < 1.29 is 9.59 Å². The predicted molar refractivity (Wildman–Crippen MR) is 40.1 cm³/mol. The molecule has 0 aliphatic carbocycles. The molecule has 4 heteroatoms. The SMILES string of the molecule is O=C1CNC(=O)/C1=C\I. The van der Waals surface area contributed by atoms with Crippen molar-refractivity contribution in [1.29, 1.82) is 0 Å². The summed E-state index contributed by atoms with van der Waals surface area (Å²) in [5, 5.41) is 2.41. The number of hydrogen-bond donors (Lipinski definition) is 1. The van der Waals surface area contributed by atoms with Crippen LogP contribution < -0.4 is 5.32 Å². The van der Waals surface area contributed by atoms with E-state index < -0.39 is 0 Å². The molecule has 1 fully saturated rings. The molecule has 0 radical (unpaired) electrons. The molecule has 0 spiro atoms. The van der Waals surface area contributed by atoms with Crippen LogP contribution in [0.2, 0.25) is 0 Å². The van der Waals surface area contributed by atoms with Crippen LogP contribution in [0.4, 0.5) is 0 Å². The summed E-state index contributed by atoms with van der Waals surface area (Å²) in [7, 11) is 0. The van der Waals surface area contributed by atoms with E-state index >= 15 is 0 Å². The maximum atomic E-state index is 10.7. The van der Waals surface area contributed by atoms with E-state index in [0.717, 1.165) is 0 Å². The first-order chi connectivity index (χ1) is 4.25. The van der Waals surface area contributed by atoms with Crippen molar-refractivity contribution in [1.82, 2.24) is 5.32 Å². The number of nitrogens with one attached hydrogen (secondary N) is 1. The predicted octanol–water partition coefficient (Wildman–Crippen LogP) is 0.00420. The van der Waals surface area contributed by atoms with Crippen molar-refractivity contribution in [2.75, 3.05) is 6.54 Å². The number of Topliss-reactive ketones (excluding diaryl/α,β-unsaturated/α-hetero) is 1. The van der Waals surface area contributed by atoms with Crippen molar-refractivity contribution in [3.05, 3.63) is 9.66 Å². The van der Waals surface area contributed by atoms with E-state index in [-0.39, 0.29) is 23.8 Å². The van der Waals surface area contributed by atoms with Gasteiger partial charge in [0, 0.05) is 0 Å². The first-order valence-corrected chi connectivity index (χ1v) is 3.62. The molecule has 1 aliphatic rings. The number of amides is 1. The van der Waals surface area contributed by atoms with Gasteiger partial charge in [-0.25, -0.2) is 0 Å². The second kappa shape index (κ2) is 2.47. The van der Waals surface area contributed by atoms with Crippen LogP contribution in [0.15, 0.2) is 9.66 Å². The van der Waals surface area contributed by atoms with Gasteiger partial charge in [-0.2, -0.15) is 0 Å². The minimum Gasteiger partial charge on any atom is -0.344 e. The van der Waals surface area contributed by atoms with Crippen molar-refractivity contribution in [3.63, 3.8) is 0 Å². The summed E-state index contributed by atoms with van der Waals surface area (Å²) in [5.74, 6) is -0.371. The van der Waals surface area contributed by atoms with Crippen molar-refractivity contribution in [3.8, 4) is 0 Å². The molecule has 0 aromatic heterocycles. The molecule has 0 atom stereocenters. The molecule has 3 nitrogen and oxygen atoms in total. The summed E-state index contributed by atoms with van der Waals surface area (Å²) in [5.41, 5.74) is 0.274. The first-order valence-electron chi connectivity index (χ1n) is 2.37. The zero-order valence-corrected chi connectivity index (χ0v) is 6.64. The average Bonchev–Trinajstić information content (AvgIpc) is 2.12. The van der Waals surface area contributed by atoms with Crippen LogP contribution in [-0.2, 0) is 9.59 Å². The highest BCUT2D eigenvalue weighted by molar-refractivity contribution is 14.1. The molecule has 0 saturated carbocycles. The van der Waals surface area contributed by atoms with Gasteiger partial charge in [0.15, 0.2) is 5.78 Å². The zero-order valence-electron chi connectivity index (χ0n) is 4.48. The third kappa shape index (κ3) is 1.12. The highest BCUT2D eigenvalue weighted by Gasteiger charge is 2.24. The molecule has 1 rings (SSSR count). The Bertz CT molecular complexity index is 179. The second-order valence-corrected chi connectivity index (χ2v) is 2.25. The van der Waals surface area contributed by atoms with E-state index in [4.69, 9.17) is 0 Å². The maximum Gasteiger partial charge on any atom is 0.255 e. The third-order valence-corrected chi connectivity index (χ3v) is 1.69. The lowest BCUT2D eigenvalue weighted by atomic mass is 10.2. The number of hydrogen-bond acceptors (Lipinski definition) is 2. The molecule has 48 valence electrons. The van der Waals surface area contributed by atoms with Crippen LogP contribution in [0.25, 0.3) is 0 Å². The largest absolute Gasteiger partial charge is 0.344 e. The Labute approximate surface area is 65.6 Å². The number of carbonyl (C=O) groups excluding carboxylic acids is 2. The number of carbonyl (C=O) groups is 2. The number of ketones is 1. The van der Waals surface area contributed by atoms with Gasteiger partial charge in [0.2, 0.25) is 0 Å². The lowest BCUT2D eigenvalue weighted by Crippen LogP contribution is -2.14. The lowest BCUT2D eigenvalue weighted by molar-refractivity contribution is -0.117. The third-order valence-electron chi connectivity index (χ3n) is 1.06. The molecule has 0 bridgehead atoms. The first kappa shape index (κ1) is 6.73. The summed E-state index contributed by atoms with van der Waals surface area (Å²) in [4.78, 5) is 21.3. The summed E-state index contributed by atoms with van der Waals surface area (Å²) in [6.07, 6.45) is 0. The quantitative estimate of drug-likeness (QED) is 0.366. The fourth-order valence-corrected chi connectivity index (χ4v) is 1.22. The van der Waals surface area contributed by atoms with E-state index in [1.807, 2.05) is 22.6 Å². The molecular formula is C5H4INO2. The second-order valence-electron chi connectivity index (χ2n) is 1.63. The summed E-state index contributed by atoms with van der Waals surface area (Å²) < 4.78 is 1.50. The standard InChI is InChI=1S/C5H4INO2/c6-1-3-4(8)2-7-5(3)9/h1H,2H2,(H,7,9)/b3-1-. The van der Waals surface area contributed by atoms with Crippen LogP contribution in [-0.4, -0.2) is 18.2 Å². The minimum atomic E-state index is -0.255. The molecule has 0 aromatic carbocycles. The Kier molecular flexibility index (Phi) is 1.84. The summed E-state index contributed by atoms with van der Waals surface area (Å²) in [6.45, 7) is 0.160. The summed E-state index contributed by atoms with van der Waals surface area (Å²) >= 11 is 1.88. The van der Waals surface area contributed by atoms with E-state index in [1.54, 1.807) is 0 Å². The average molecular weight is 237 g/mol. The minimum absolute atomic E-state index is 0.116. The molecular weight excluding hydrogens is 233 g/mol. The fourth-order valence-electron chi connectivity index (χ4n) is 0.588. The van der Waals surface area contributed by atoms with Crippen LogP contribution >= 0.6 is 22.6 Å². The van der Waals surface area contributed by atoms with Gasteiger partial charge in [-0.3, -0.25) is 9.59 Å². The fraction of sp³-hybridized carbons (Fsp3) is 0.200. The van der Waals surface area contributed by atoms with Crippen LogP contribution in [0.3, 0.4) is 0 Å². The monoisotopic (exact) mass is 237 g/mol. The van der Waals surface area contributed by atoms with Crippen LogP contribution in [0.5, 0.6) is 0 Å². The molecule has 0 unspecified atom stereocenters. The normalized spacial score (nSPS) is 23.0. The Morgan fingerprint density at radius 3 is 2.44 bits per heavy atom. The van der Waals surface area contributed by atoms with Crippen molar-refractivity contribution in [2.24, 2.45) is 0 Å². The molecule has 1 aliphatic heterocycles. The van der Waals surface area contributed by atoms with Gasteiger partial charge < -0.3 is 5.32 Å². The molecule has 1 saturated heterocycles. The number of halogens is 1. The lowest BCUT2D eigenvalue weighted by Gasteiger charge is -1.82. The van der Waals surface area contributed by atoms with E-state index in [9.17, 15) is 9.59 Å². The van der Waals surface area contributed by atoms with Crippen LogP contribution in [0.1, 0.15) is 0 Å². The zero-order chi connectivity index (χ0) is 6.85. The highest BCUT2D eigenvalue weighted by atomic mass is 127. The van der Waals surface area contributed by atoms with Gasteiger partial charge >= 0.3 is 0 Å². The highest BCUT2D eigenvalue weighted by Crippen LogP contribution is 2.05. The topological polar surface area (TPSA) is 46.2 Å². The van der Waals surface area contributed by atoms with E-state index in [1.165, 1.54) is 4.08 Å². The van der Waals surface area contributed by atoms with E-state index in [0.29, 0.717) is 0 Å². The molecule has 9 heavy (non-hydrogen) atoms. The molecule has 1 amide bonds. The number of rotatable bonds is 0. The Morgan fingerprint density at radius 2 is 2.22 bits per heavy atom. The smallest absolute Gasteiger partial charge is 0.255 e. The van der Waals surface area contributed by atoms with Gasteiger partial charge in [-0.1, -0.05) is 22.6 Å². The van der Waals surface area contributed by atoms with Gasteiger partial charge in [0.05, 0.1) is 12.1 Å². The Morgan fingerprint density at radius 1 is 1.56 bits per heavy atom. The van der Waals surface area contributed by atoms with Gasteiger partial charge in [0.1, 0.15) is 0 Å². The van der Waals surface area contributed by atoms with Gasteiger partial charge in [0.25, 0.3) is 5.91 Å². The van der Waals surface area contributed by atoms with Gasteiger partial charge in [-0.15, -0.1) is 0 Å². The Balaban J connectivity index is 2.91. The van der Waals surface area contributed by atoms with Crippen LogP contribution in [0, 0.1) is 0 Å². The summed E-state index contributed by atoms with van der Waals surface area (Å²) in [6, 6.07) is 0.